The zero-order valence-electron chi connectivity index (χ0n) is 33.8. The molecule has 0 radical (unpaired) electrons. The number of methoxy groups -OCH3 is 2. The molecule has 0 spiro atoms. The second-order valence-corrected chi connectivity index (χ2v) is 14.9. The number of rotatable bonds is 14. The van der Waals surface area contributed by atoms with Gasteiger partial charge in [0, 0.05) is 24.0 Å². The van der Waals surface area contributed by atoms with Crippen LogP contribution in [0.3, 0.4) is 0 Å². The van der Waals surface area contributed by atoms with E-state index in [9.17, 15) is 19.2 Å². The van der Waals surface area contributed by atoms with Gasteiger partial charge in [0.1, 0.15) is 36.6 Å². The van der Waals surface area contributed by atoms with Crippen LogP contribution in [-0.2, 0) is 38.8 Å². The number of H-pyrrole nitrogens is 2. The van der Waals surface area contributed by atoms with Crippen LogP contribution in [0.15, 0.2) is 79.0 Å². The second-order valence-electron chi connectivity index (χ2n) is 14.9. The van der Waals surface area contributed by atoms with Crippen molar-refractivity contribution in [3.05, 3.63) is 102 Å². The first-order chi connectivity index (χ1) is 28.5. The maximum absolute atomic E-state index is 13.9. The van der Waals surface area contributed by atoms with E-state index < -0.39 is 18.2 Å². The minimum Gasteiger partial charge on any atom is -0.488 e. The third-order valence-corrected chi connectivity index (χ3v) is 10.2. The molecule has 0 saturated heterocycles. The van der Waals surface area contributed by atoms with Crippen molar-refractivity contribution in [2.24, 2.45) is 5.92 Å². The van der Waals surface area contributed by atoms with Crippen LogP contribution in [-0.4, -0.2) is 87.6 Å². The van der Waals surface area contributed by atoms with Gasteiger partial charge in [0.15, 0.2) is 0 Å². The van der Waals surface area contributed by atoms with Crippen molar-refractivity contribution in [1.29, 1.82) is 0 Å². The Hall–Kier alpha value is -6.90. The number of aromatic nitrogens is 4. The van der Waals surface area contributed by atoms with E-state index in [1.54, 1.807) is 28.1 Å². The summed E-state index contributed by atoms with van der Waals surface area (Å²) in [5.41, 5.74) is 7.05. The zero-order valence-corrected chi connectivity index (χ0v) is 33.8. The number of benzene rings is 4. The first-order valence-corrected chi connectivity index (χ1v) is 19.6. The van der Waals surface area contributed by atoms with Crippen molar-refractivity contribution < 1.29 is 33.4 Å². The smallest absolute Gasteiger partial charge is 0.407 e. The highest BCUT2D eigenvalue weighted by Crippen LogP contribution is 2.42. The van der Waals surface area contributed by atoms with Crippen LogP contribution in [0.4, 0.5) is 9.59 Å². The number of amides is 4. The topological polar surface area (TPSA) is 184 Å². The number of imidazole rings is 2. The molecule has 6 aromatic rings. The van der Waals surface area contributed by atoms with Crippen molar-refractivity contribution in [2.45, 2.75) is 52.9 Å². The highest BCUT2D eigenvalue weighted by atomic mass is 16.5. The summed E-state index contributed by atoms with van der Waals surface area (Å²) in [4.78, 5) is 70.4. The summed E-state index contributed by atoms with van der Waals surface area (Å²) in [6.07, 6.45) is 1.13. The fourth-order valence-corrected chi connectivity index (χ4v) is 7.39. The fraction of sp³-hybridized carbons (Fsp3) is 0.318. The van der Waals surface area contributed by atoms with E-state index in [2.05, 4.69) is 48.5 Å². The zero-order chi connectivity index (χ0) is 41.6. The van der Waals surface area contributed by atoms with Crippen LogP contribution in [0, 0.1) is 5.92 Å². The first-order valence-electron chi connectivity index (χ1n) is 19.6. The molecule has 59 heavy (non-hydrogen) atoms. The molecule has 1 aliphatic heterocycles. The van der Waals surface area contributed by atoms with E-state index in [1.165, 1.54) is 14.2 Å². The standard InChI is InChI=1S/C44H48N8O7/c1-6-16-51(42(54)40(50-44(56)58-5)27-10-8-7-9-11-27)23-37-45-20-35(48-37)29-12-14-31-30(17-29)25-59-36-19-32-28(18-33(31)36)13-15-34-41(32)49-38(47-34)24-52(22-26(2)3)39(53)21-46-43(55)57-4/h7-15,17-20,26,40H,6,16,21-25H2,1-5H3,(H,45,48)(H,46,55)(H,47,49)(H,50,56)/t40-/m1/s1. The molecule has 0 unspecified atom stereocenters. The number of alkyl carbamates (subject to hydrolysis) is 2. The van der Waals surface area contributed by atoms with E-state index in [0.29, 0.717) is 43.3 Å². The molecule has 2 aromatic heterocycles. The predicted molar refractivity (Wildman–Crippen MR) is 222 cm³/mol. The minimum atomic E-state index is -0.917. The fourth-order valence-electron chi connectivity index (χ4n) is 7.39. The summed E-state index contributed by atoms with van der Waals surface area (Å²) < 4.78 is 15.8. The number of aromatic amines is 2. The van der Waals surface area contributed by atoms with Gasteiger partial charge in [-0.25, -0.2) is 19.6 Å². The van der Waals surface area contributed by atoms with Gasteiger partial charge in [-0.15, -0.1) is 0 Å². The van der Waals surface area contributed by atoms with Crippen molar-refractivity contribution in [2.75, 3.05) is 33.9 Å². The monoisotopic (exact) mass is 800 g/mol. The number of nitrogens with zero attached hydrogens (tertiary/aromatic N) is 4. The number of carbonyl (C=O) groups is 4. The van der Waals surface area contributed by atoms with E-state index in [-0.39, 0.29) is 37.4 Å². The van der Waals surface area contributed by atoms with Crippen LogP contribution in [0.2, 0.25) is 0 Å². The van der Waals surface area contributed by atoms with E-state index >= 15 is 0 Å². The van der Waals surface area contributed by atoms with Crippen LogP contribution >= 0.6 is 0 Å². The first kappa shape index (κ1) is 40.3. The molecule has 4 amide bonds. The maximum atomic E-state index is 13.9. The van der Waals surface area contributed by atoms with Gasteiger partial charge in [0.2, 0.25) is 11.8 Å². The van der Waals surface area contributed by atoms with Crippen LogP contribution in [0.1, 0.15) is 56.0 Å². The molecule has 0 aliphatic carbocycles. The highest BCUT2D eigenvalue weighted by molar-refractivity contribution is 6.07. The average molecular weight is 801 g/mol. The quantitative estimate of drug-likeness (QED) is 0.0916. The largest absolute Gasteiger partial charge is 0.488 e. The summed E-state index contributed by atoms with van der Waals surface area (Å²) >= 11 is 0. The molecular formula is C44H48N8O7. The molecule has 4 aromatic carbocycles. The van der Waals surface area contributed by atoms with Gasteiger partial charge in [-0.1, -0.05) is 69.3 Å². The Kier molecular flexibility index (Phi) is 12.1. The van der Waals surface area contributed by atoms with Crippen molar-refractivity contribution in [1.82, 2.24) is 40.4 Å². The lowest BCUT2D eigenvalue weighted by Gasteiger charge is -2.27. The molecule has 15 nitrogen and oxygen atoms in total. The Labute approximate surface area is 341 Å². The SMILES string of the molecule is CCCN(Cc1ncc(-c2ccc3c(c2)COc2cc4c(ccc5[nH]c(CN(CC(C)C)C(=O)CNC(=O)OC)nc54)cc2-3)[nH]1)C(=O)[C@H](NC(=O)OC)c1ccccc1. The molecule has 0 bridgehead atoms. The van der Waals surface area contributed by atoms with Gasteiger partial charge in [-0.2, -0.15) is 0 Å². The van der Waals surface area contributed by atoms with Crippen LogP contribution in [0.5, 0.6) is 5.75 Å². The third-order valence-electron chi connectivity index (χ3n) is 10.2. The summed E-state index contributed by atoms with van der Waals surface area (Å²) in [5, 5.41) is 7.08. The Bertz CT molecular complexity index is 2500. The lowest BCUT2D eigenvalue weighted by atomic mass is 9.92. The molecule has 1 atom stereocenters. The number of nitrogens with one attached hydrogen (secondary N) is 4. The van der Waals surface area contributed by atoms with Crippen LogP contribution in [0.25, 0.3) is 44.2 Å². The highest BCUT2D eigenvalue weighted by Gasteiger charge is 2.29. The molecule has 0 saturated carbocycles. The van der Waals surface area contributed by atoms with Gasteiger partial charge >= 0.3 is 12.2 Å². The Morgan fingerprint density at radius 3 is 2.41 bits per heavy atom. The number of ether oxygens (including phenoxy) is 3. The number of fused-ring (bicyclic) bond motifs is 6. The van der Waals surface area contributed by atoms with Crippen molar-refractivity contribution >= 4 is 45.8 Å². The van der Waals surface area contributed by atoms with Gasteiger partial charge in [-0.05, 0) is 64.2 Å². The molecule has 7 rings (SSSR count). The number of hydrogen-bond acceptors (Lipinski definition) is 9. The van der Waals surface area contributed by atoms with E-state index in [1.807, 2.05) is 63.2 Å². The Morgan fingerprint density at radius 2 is 1.66 bits per heavy atom. The van der Waals surface area contributed by atoms with Gasteiger partial charge < -0.3 is 44.6 Å². The summed E-state index contributed by atoms with van der Waals surface area (Å²) in [6, 6.07) is 22.6. The van der Waals surface area contributed by atoms with Gasteiger partial charge in [0.25, 0.3) is 0 Å². The number of hydrogen-bond donors (Lipinski definition) is 4. The van der Waals surface area contributed by atoms with Crippen molar-refractivity contribution in [3.8, 4) is 28.1 Å². The van der Waals surface area contributed by atoms with Crippen LogP contribution < -0.4 is 15.4 Å². The average Bonchev–Trinajstić information content (AvgIpc) is 3.90. The van der Waals surface area contributed by atoms with Gasteiger partial charge in [-0.3, -0.25) is 9.59 Å². The number of carbonyl (C=O) groups excluding carboxylic acids is 4. The normalized spacial score (nSPS) is 12.3. The van der Waals surface area contributed by atoms with E-state index in [0.717, 1.165) is 55.5 Å². The Morgan fingerprint density at radius 1 is 0.881 bits per heavy atom. The Balaban J connectivity index is 1.10. The minimum absolute atomic E-state index is 0.174. The summed E-state index contributed by atoms with van der Waals surface area (Å²) in [5.74, 6) is 1.70. The lowest BCUT2D eigenvalue weighted by molar-refractivity contribution is -0.134. The summed E-state index contributed by atoms with van der Waals surface area (Å²) in [7, 11) is 2.53. The maximum Gasteiger partial charge on any atom is 0.407 e. The molecular weight excluding hydrogens is 753 g/mol. The summed E-state index contributed by atoms with van der Waals surface area (Å²) in [6.45, 7) is 7.68. The van der Waals surface area contributed by atoms with Gasteiger partial charge in [0.05, 0.1) is 50.2 Å². The predicted octanol–water partition coefficient (Wildman–Crippen LogP) is 6.84. The molecule has 3 heterocycles. The molecule has 4 N–H and O–H groups in total. The third kappa shape index (κ3) is 8.98. The molecule has 306 valence electrons. The lowest BCUT2D eigenvalue weighted by Crippen LogP contribution is -2.43. The second kappa shape index (κ2) is 17.7. The molecule has 15 heteroatoms. The molecule has 1 aliphatic rings. The molecule has 0 fully saturated rings. The van der Waals surface area contributed by atoms with Crippen molar-refractivity contribution in [3.63, 3.8) is 0 Å². The van der Waals surface area contributed by atoms with E-state index in [4.69, 9.17) is 14.5 Å².